The van der Waals surface area contributed by atoms with Crippen LogP contribution in [0.25, 0.3) is 10.9 Å². The van der Waals surface area contributed by atoms with Crippen molar-refractivity contribution in [3.63, 3.8) is 0 Å². The van der Waals surface area contributed by atoms with Gasteiger partial charge in [-0.1, -0.05) is 18.2 Å². The van der Waals surface area contributed by atoms with E-state index in [1.54, 1.807) is 29.7 Å². The van der Waals surface area contributed by atoms with Crippen LogP contribution >= 0.6 is 0 Å². The van der Waals surface area contributed by atoms with Crippen molar-refractivity contribution in [3.8, 4) is 5.75 Å². The molecule has 182 valence electrons. The molecule has 1 aliphatic rings. The number of aryl methyl sites for hydroxylation is 1. The first-order valence-electron chi connectivity index (χ1n) is 11.5. The van der Waals surface area contributed by atoms with Gasteiger partial charge in [0.25, 0.3) is 5.91 Å². The standard InChI is InChI=1S/C26H28N4O5/c1-16-12-18(20-4-2-3-5-23(20)29-16)15-35-19-8-6-17(7-9-19)25(32)28-11-10-24(31)21-13-27-14-22(21)26(33)30-34/h2-9,12,21-22,27,34H,10-11,13-15H2,1H3,(H,28,32)(H,30,33)/t21-,22-/m1/s1. The van der Waals surface area contributed by atoms with Gasteiger partial charge < -0.3 is 15.4 Å². The van der Waals surface area contributed by atoms with Crippen LogP contribution in [0.4, 0.5) is 0 Å². The summed E-state index contributed by atoms with van der Waals surface area (Å²) in [5.41, 5.74) is 4.94. The molecule has 0 bridgehead atoms. The number of hydrogen-bond donors (Lipinski definition) is 4. The number of hydroxylamine groups is 1. The number of nitrogens with zero attached hydrogens (tertiary/aromatic N) is 1. The molecule has 1 aliphatic heterocycles. The summed E-state index contributed by atoms with van der Waals surface area (Å²) in [5.74, 6) is -1.49. The van der Waals surface area contributed by atoms with E-state index >= 15 is 0 Å². The van der Waals surface area contributed by atoms with Crippen LogP contribution in [-0.4, -0.2) is 47.4 Å². The van der Waals surface area contributed by atoms with Crippen LogP contribution in [0.5, 0.6) is 5.75 Å². The van der Waals surface area contributed by atoms with Crippen molar-refractivity contribution < 1.29 is 24.3 Å². The Morgan fingerprint density at radius 2 is 1.83 bits per heavy atom. The van der Waals surface area contributed by atoms with Crippen LogP contribution in [0.2, 0.25) is 0 Å². The minimum Gasteiger partial charge on any atom is -0.489 e. The Labute approximate surface area is 202 Å². The minimum absolute atomic E-state index is 0.105. The summed E-state index contributed by atoms with van der Waals surface area (Å²) in [6, 6.07) is 16.7. The number of pyridine rings is 1. The number of benzene rings is 2. The monoisotopic (exact) mass is 476 g/mol. The van der Waals surface area contributed by atoms with Gasteiger partial charge in [0.1, 0.15) is 18.1 Å². The lowest BCUT2D eigenvalue weighted by Gasteiger charge is -2.15. The van der Waals surface area contributed by atoms with Gasteiger partial charge in [-0.05, 0) is 43.3 Å². The average molecular weight is 477 g/mol. The highest BCUT2D eigenvalue weighted by Gasteiger charge is 2.37. The first-order chi connectivity index (χ1) is 17.0. The Balaban J connectivity index is 1.28. The molecule has 0 spiro atoms. The van der Waals surface area contributed by atoms with Gasteiger partial charge in [0, 0.05) is 54.2 Å². The third-order valence-electron chi connectivity index (χ3n) is 6.17. The van der Waals surface area contributed by atoms with Gasteiger partial charge in [-0.15, -0.1) is 0 Å². The number of ether oxygens (including phenoxy) is 1. The van der Waals surface area contributed by atoms with Crippen molar-refractivity contribution in [2.45, 2.75) is 20.0 Å². The van der Waals surface area contributed by atoms with Crippen LogP contribution in [0, 0.1) is 18.8 Å². The highest BCUT2D eigenvalue weighted by Crippen LogP contribution is 2.21. The lowest BCUT2D eigenvalue weighted by molar-refractivity contribution is -0.137. The summed E-state index contributed by atoms with van der Waals surface area (Å²) < 4.78 is 5.94. The molecule has 2 heterocycles. The first-order valence-corrected chi connectivity index (χ1v) is 11.5. The summed E-state index contributed by atoms with van der Waals surface area (Å²) in [7, 11) is 0. The number of para-hydroxylation sites is 1. The molecule has 1 saturated heterocycles. The summed E-state index contributed by atoms with van der Waals surface area (Å²) in [6.45, 7) is 3.20. The summed E-state index contributed by atoms with van der Waals surface area (Å²) in [6.07, 6.45) is 0.105. The molecule has 4 rings (SSSR count). The number of nitrogens with one attached hydrogen (secondary N) is 3. The second-order valence-corrected chi connectivity index (χ2v) is 8.57. The topological polar surface area (TPSA) is 130 Å². The highest BCUT2D eigenvalue weighted by atomic mass is 16.5. The molecule has 35 heavy (non-hydrogen) atoms. The molecule has 2 atom stereocenters. The zero-order valence-corrected chi connectivity index (χ0v) is 19.4. The molecule has 3 aromatic rings. The maximum atomic E-state index is 12.5. The fraction of sp³-hybridized carbons (Fsp3) is 0.308. The number of aromatic nitrogens is 1. The maximum absolute atomic E-state index is 12.5. The van der Waals surface area contributed by atoms with Crippen molar-refractivity contribution in [3.05, 3.63) is 71.4 Å². The van der Waals surface area contributed by atoms with Gasteiger partial charge in [-0.2, -0.15) is 0 Å². The molecule has 1 fully saturated rings. The molecule has 0 radical (unpaired) electrons. The second kappa shape index (κ2) is 11.1. The Kier molecular flexibility index (Phi) is 7.69. The van der Waals surface area contributed by atoms with E-state index in [2.05, 4.69) is 15.6 Å². The third kappa shape index (κ3) is 5.82. The fourth-order valence-electron chi connectivity index (χ4n) is 4.34. The summed E-state index contributed by atoms with van der Waals surface area (Å²) in [5, 5.41) is 15.6. The normalized spacial score (nSPS) is 17.2. The molecule has 2 amide bonds. The Hall–Kier alpha value is -3.82. The average Bonchev–Trinajstić information content (AvgIpc) is 3.37. The number of carbonyl (C=O) groups excluding carboxylic acids is 3. The van der Waals surface area contributed by atoms with Crippen LogP contribution in [0.3, 0.4) is 0 Å². The molecule has 0 saturated carbocycles. The SMILES string of the molecule is Cc1cc(COc2ccc(C(=O)NCCC(=O)[C@@H]3CNC[C@H]3C(=O)NO)cc2)c2ccccc2n1. The Morgan fingerprint density at radius 1 is 1.09 bits per heavy atom. The third-order valence-corrected chi connectivity index (χ3v) is 6.17. The van der Waals surface area contributed by atoms with Crippen molar-refractivity contribution in [2.24, 2.45) is 11.8 Å². The lowest BCUT2D eigenvalue weighted by Crippen LogP contribution is -2.37. The van der Waals surface area contributed by atoms with E-state index in [4.69, 9.17) is 9.94 Å². The zero-order valence-electron chi connectivity index (χ0n) is 19.4. The zero-order chi connectivity index (χ0) is 24.8. The molecule has 1 aromatic heterocycles. The van der Waals surface area contributed by atoms with Gasteiger partial charge in [0.2, 0.25) is 5.91 Å². The molecule has 4 N–H and O–H groups in total. The number of Topliss-reactive ketones (excluding diaryl/α,β-unsaturated/α-hetero) is 1. The quantitative estimate of drug-likeness (QED) is 0.275. The van der Waals surface area contributed by atoms with Crippen LogP contribution in [-0.2, 0) is 16.2 Å². The van der Waals surface area contributed by atoms with E-state index in [0.717, 1.165) is 22.2 Å². The molecule has 9 heteroatoms. The van der Waals surface area contributed by atoms with Crippen LogP contribution in [0.1, 0.15) is 28.0 Å². The first kappa shape index (κ1) is 24.3. The number of amides is 2. The van der Waals surface area contributed by atoms with E-state index in [1.807, 2.05) is 37.3 Å². The number of carbonyl (C=O) groups is 3. The summed E-state index contributed by atoms with van der Waals surface area (Å²) in [4.78, 5) is 41.1. The Bertz CT molecular complexity index is 1230. The van der Waals surface area contributed by atoms with Gasteiger partial charge in [0.15, 0.2) is 0 Å². The van der Waals surface area contributed by atoms with Gasteiger partial charge in [-0.25, -0.2) is 5.48 Å². The minimum atomic E-state index is -0.607. The van der Waals surface area contributed by atoms with Gasteiger partial charge >= 0.3 is 0 Å². The predicted molar refractivity (Wildman–Crippen MR) is 129 cm³/mol. The van der Waals surface area contributed by atoms with E-state index in [1.165, 1.54) is 0 Å². The van der Waals surface area contributed by atoms with Crippen LogP contribution in [0.15, 0.2) is 54.6 Å². The maximum Gasteiger partial charge on any atom is 0.251 e. The molecule has 9 nitrogen and oxygen atoms in total. The van der Waals surface area contributed by atoms with Crippen molar-refractivity contribution in [1.82, 2.24) is 21.1 Å². The smallest absolute Gasteiger partial charge is 0.251 e. The molecule has 2 aromatic carbocycles. The molecule has 0 unspecified atom stereocenters. The number of hydrogen-bond acceptors (Lipinski definition) is 7. The molecule has 0 aliphatic carbocycles. The second-order valence-electron chi connectivity index (χ2n) is 8.57. The Morgan fingerprint density at radius 3 is 2.60 bits per heavy atom. The van der Waals surface area contributed by atoms with E-state index < -0.39 is 17.7 Å². The van der Waals surface area contributed by atoms with Gasteiger partial charge in [0.05, 0.1) is 11.4 Å². The van der Waals surface area contributed by atoms with E-state index in [-0.39, 0.29) is 24.7 Å². The highest BCUT2D eigenvalue weighted by molar-refractivity contribution is 5.95. The number of rotatable bonds is 9. The van der Waals surface area contributed by atoms with E-state index in [0.29, 0.717) is 31.0 Å². The lowest BCUT2D eigenvalue weighted by atomic mass is 9.90. The predicted octanol–water partition coefficient (Wildman–Crippen LogP) is 2.15. The van der Waals surface area contributed by atoms with Crippen molar-refractivity contribution in [2.75, 3.05) is 19.6 Å². The van der Waals surface area contributed by atoms with Crippen molar-refractivity contribution >= 4 is 28.5 Å². The van der Waals surface area contributed by atoms with Gasteiger partial charge in [-0.3, -0.25) is 24.6 Å². The fourth-order valence-corrected chi connectivity index (χ4v) is 4.34. The molecular formula is C26H28N4O5. The molecular weight excluding hydrogens is 448 g/mol. The van der Waals surface area contributed by atoms with Crippen LogP contribution < -0.4 is 20.9 Å². The van der Waals surface area contributed by atoms with E-state index in [9.17, 15) is 14.4 Å². The summed E-state index contributed by atoms with van der Waals surface area (Å²) >= 11 is 0. The number of ketones is 1. The largest absolute Gasteiger partial charge is 0.489 e. The number of fused-ring (bicyclic) bond motifs is 1. The van der Waals surface area contributed by atoms with Crippen molar-refractivity contribution in [1.29, 1.82) is 0 Å².